The van der Waals surface area contributed by atoms with Crippen LogP contribution in [0.2, 0.25) is 5.02 Å². The summed E-state index contributed by atoms with van der Waals surface area (Å²) in [4.78, 5) is 0. The van der Waals surface area contributed by atoms with Crippen LogP contribution in [0, 0.1) is 0 Å². The molecule has 1 heterocycles. The Balaban J connectivity index is 1.92. The Morgan fingerprint density at radius 3 is 2.43 bits per heavy atom. The predicted octanol–water partition coefficient (Wildman–Crippen LogP) is 4.61. The van der Waals surface area contributed by atoms with Crippen molar-refractivity contribution in [3.8, 4) is 11.1 Å². The molecule has 0 amide bonds. The predicted molar refractivity (Wildman–Crippen MR) is 79.6 cm³/mol. The Bertz CT molecular complexity index is 627. The fraction of sp³-hybridized carbons (Fsp3) is 0.400. The van der Waals surface area contributed by atoms with E-state index in [2.05, 4.69) is 10.2 Å². The largest absolute Gasteiger partial charge is 0.382 e. The smallest absolute Gasteiger partial charge is 0.248 e. The van der Waals surface area contributed by atoms with E-state index >= 15 is 0 Å². The molecule has 112 valence electrons. The molecule has 1 aromatic heterocycles. The van der Waals surface area contributed by atoms with Crippen molar-refractivity contribution in [3.63, 3.8) is 0 Å². The molecule has 1 fully saturated rings. The second-order valence-electron chi connectivity index (χ2n) is 5.53. The van der Waals surface area contributed by atoms with Gasteiger partial charge in [0.1, 0.15) is 0 Å². The first-order chi connectivity index (χ1) is 9.96. The van der Waals surface area contributed by atoms with E-state index in [1.165, 1.54) is 0 Å². The quantitative estimate of drug-likeness (QED) is 0.851. The Morgan fingerprint density at radius 2 is 1.81 bits per heavy atom. The molecular weight excluding hydrogens is 296 g/mol. The Hall–Kier alpha value is -1.62. The fourth-order valence-corrected chi connectivity index (χ4v) is 3.04. The standard InChI is InChI=1S/C15H16ClF2N3/c16-11-3-1-9(2-4-11)12-13(20-21-14(12)19)10-5-7-15(17,18)8-6-10/h1-4,10H,5-8H2,(H3,19,20,21). The van der Waals surface area contributed by atoms with Gasteiger partial charge in [-0.05, 0) is 30.5 Å². The number of alkyl halides is 2. The number of halogens is 3. The minimum atomic E-state index is -2.54. The Kier molecular flexibility index (Phi) is 3.61. The fourth-order valence-electron chi connectivity index (χ4n) is 2.91. The molecule has 1 aromatic carbocycles. The van der Waals surface area contributed by atoms with Crippen LogP contribution in [0.15, 0.2) is 24.3 Å². The molecule has 0 radical (unpaired) electrons. The van der Waals surface area contributed by atoms with Gasteiger partial charge in [-0.1, -0.05) is 23.7 Å². The average Bonchev–Trinajstić information content (AvgIpc) is 2.82. The van der Waals surface area contributed by atoms with E-state index in [0.29, 0.717) is 23.7 Å². The molecule has 0 spiro atoms. The highest BCUT2D eigenvalue weighted by Gasteiger charge is 2.37. The van der Waals surface area contributed by atoms with Crippen molar-refractivity contribution >= 4 is 17.4 Å². The number of hydrogen-bond donors (Lipinski definition) is 2. The maximum atomic E-state index is 13.3. The first-order valence-corrected chi connectivity index (χ1v) is 7.31. The van der Waals surface area contributed by atoms with Gasteiger partial charge in [-0.3, -0.25) is 5.10 Å². The van der Waals surface area contributed by atoms with Crippen LogP contribution in [0.1, 0.15) is 37.3 Å². The number of nitrogens with zero attached hydrogens (tertiary/aromatic N) is 1. The SMILES string of the molecule is Nc1n[nH]c(C2CCC(F)(F)CC2)c1-c1ccc(Cl)cc1. The van der Waals surface area contributed by atoms with Crippen molar-refractivity contribution in [2.45, 2.75) is 37.5 Å². The van der Waals surface area contributed by atoms with Gasteiger partial charge in [-0.2, -0.15) is 5.10 Å². The van der Waals surface area contributed by atoms with Crippen LogP contribution in [-0.4, -0.2) is 16.1 Å². The van der Waals surface area contributed by atoms with Crippen LogP contribution in [0.25, 0.3) is 11.1 Å². The summed E-state index contributed by atoms with van der Waals surface area (Å²) in [7, 11) is 0. The second-order valence-corrected chi connectivity index (χ2v) is 5.97. The third-order valence-electron chi connectivity index (χ3n) is 4.08. The molecule has 0 atom stereocenters. The van der Waals surface area contributed by atoms with Gasteiger partial charge in [0.15, 0.2) is 5.82 Å². The number of rotatable bonds is 2. The second kappa shape index (κ2) is 5.30. The number of nitrogens with one attached hydrogen (secondary N) is 1. The molecule has 21 heavy (non-hydrogen) atoms. The third kappa shape index (κ3) is 2.88. The number of benzene rings is 1. The van der Waals surface area contributed by atoms with Gasteiger partial charge in [-0.25, -0.2) is 8.78 Å². The normalized spacial score (nSPS) is 18.8. The van der Waals surface area contributed by atoms with E-state index in [4.69, 9.17) is 17.3 Å². The van der Waals surface area contributed by atoms with Crippen LogP contribution in [0.3, 0.4) is 0 Å². The number of aromatic amines is 1. The zero-order valence-electron chi connectivity index (χ0n) is 11.4. The molecule has 1 saturated carbocycles. The highest BCUT2D eigenvalue weighted by atomic mass is 35.5. The lowest BCUT2D eigenvalue weighted by molar-refractivity contribution is -0.0384. The number of H-pyrrole nitrogens is 1. The monoisotopic (exact) mass is 311 g/mol. The summed E-state index contributed by atoms with van der Waals surface area (Å²) >= 11 is 5.89. The minimum Gasteiger partial charge on any atom is -0.382 e. The van der Waals surface area contributed by atoms with Crippen LogP contribution in [0.5, 0.6) is 0 Å². The summed E-state index contributed by atoms with van der Waals surface area (Å²) in [6.07, 6.45) is 0.706. The highest BCUT2D eigenvalue weighted by Crippen LogP contribution is 2.44. The Labute approximate surface area is 126 Å². The van der Waals surface area contributed by atoms with Gasteiger partial charge in [-0.15, -0.1) is 0 Å². The topological polar surface area (TPSA) is 54.7 Å². The molecule has 0 unspecified atom stereocenters. The molecule has 0 aliphatic heterocycles. The van der Waals surface area contributed by atoms with E-state index < -0.39 is 5.92 Å². The molecule has 6 heteroatoms. The summed E-state index contributed by atoms with van der Waals surface area (Å²) in [5.74, 6) is -2.10. The van der Waals surface area contributed by atoms with Gasteiger partial charge >= 0.3 is 0 Å². The molecule has 0 bridgehead atoms. The van der Waals surface area contributed by atoms with E-state index in [1.807, 2.05) is 12.1 Å². The van der Waals surface area contributed by atoms with Gasteiger partial charge in [0, 0.05) is 35.0 Å². The minimum absolute atomic E-state index is 0.0418. The number of anilines is 1. The molecule has 1 aliphatic carbocycles. The zero-order valence-corrected chi connectivity index (χ0v) is 12.1. The maximum Gasteiger partial charge on any atom is 0.248 e. The lowest BCUT2D eigenvalue weighted by atomic mass is 9.82. The molecule has 1 aliphatic rings. The van der Waals surface area contributed by atoms with Crippen molar-refractivity contribution in [1.29, 1.82) is 0 Å². The third-order valence-corrected chi connectivity index (χ3v) is 4.33. The zero-order chi connectivity index (χ0) is 15.0. The molecule has 3 nitrogen and oxygen atoms in total. The van der Waals surface area contributed by atoms with E-state index in [9.17, 15) is 8.78 Å². The summed E-state index contributed by atoms with van der Waals surface area (Å²) in [5.41, 5.74) is 8.51. The highest BCUT2D eigenvalue weighted by molar-refractivity contribution is 6.30. The molecule has 3 rings (SSSR count). The first-order valence-electron chi connectivity index (χ1n) is 6.94. The van der Waals surface area contributed by atoms with Crippen LogP contribution in [0.4, 0.5) is 14.6 Å². The van der Waals surface area contributed by atoms with Crippen LogP contribution < -0.4 is 5.73 Å². The van der Waals surface area contributed by atoms with E-state index in [1.54, 1.807) is 12.1 Å². The van der Waals surface area contributed by atoms with E-state index in [-0.39, 0.29) is 18.8 Å². The van der Waals surface area contributed by atoms with Crippen molar-refractivity contribution < 1.29 is 8.78 Å². The number of nitrogens with two attached hydrogens (primary N) is 1. The maximum absolute atomic E-state index is 13.3. The lowest BCUT2D eigenvalue weighted by Crippen LogP contribution is -2.24. The summed E-state index contributed by atoms with van der Waals surface area (Å²) in [5, 5.41) is 7.63. The van der Waals surface area contributed by atoms with Crippen molar-refractivity contribution in [2.24, 2.45) is 0 Å². The van der Waals surface area contributed by atoms with Crippen LogP contribution >= 0.6 is 11.6 Å². The van der Waals surface area contributed by atoms with E-state index in [0.717, 1.165) is 16.8 Å². The molecular formula is C15H16ClF2N3. The summed E-state index contributed by atoms with van der Waals surface area (Å²) in [6, 6.07) is 7.29. The Morgan fingerprint density at radius 1 is 1.19 bits per heavy atom. The van der Waals surface area contributed by atoms with Crippen molar-refractivity contribution in [1.82, 2.24) is 10.2 Å². The van der Waals surface area contributed by atoms with Gasteiger partial charge in [0.25, 0.3) is 0 Å². The van der Waals surface area contributed by atoms with Gasteiger partial charge < -0.3 is 5.73 Å². The first kappa shape index (κ1) is 14.3. The van der Waals surface area contributed by atoms with Crippen molar-refractivity contribution in [2.75, 3.05) is 5.73 Å². The number of nitrogen functional groups attached to an aromatic ring is 1. The number of hydrogen-bond acceptors (Lipinski definition) is 2. The summed E-state index contributed by atoms with van der Waals surface area (Å²) < 4.78 is 26.6. The summed E-state index contributed by atoms with van der Waals surface area (Å²) in [6.45, 7) is 0. The molecule has 3 N–H and O–H groups in total. The number of aromatic nitrogens is 2. The van der Waals surface area contributed by atoms with Gasteiger partial charge in [0.2, 0.25) is 5.92 Å². The van der Waals surface area contributed by atoms with Gasteiger partial charge in [0.05, 0.1) is 0 Å². The molecule has 0 saturated heterocycles. The molecule has 2 aromatic rings. The lowest BCUT2D eigenvalue weighted by Gasteiger charge is -2.28. The van der Waals surface area contributed by atoms with Crippen molar-refractivity contribution in [3.05, 3.63) is 35.0 Å². The average molecular weight is 312 g/mol. The van der Waals surface area contributed by atoms with Crippen LogP contribution in [-0.2, 0) is 0 Å².